The zero-order valence-corrected chi connectivity index (χ0v) is 29.2. The number of piperidine rings is 1. The Hall–Kier alpha value is -3.71. The summed E-state index contributed by atoms with van der Waals surface area (Å²) < 4.78 is 54.1. The van der Waals surface area contributed by atoms with E-state index >= 15 is 4.39 Å². The number of benzene rings is 3. The summed E-state index contributed by atoms with van der Waals surface area (Å²) in [5.41, 5.74) is 2.51. The van der Waals surface area contributed by atoms with Gasteiger partial charge in [0.05, 0.1) is 65.2 Å². The molecule has 0 spiro atoms. The Morgan fingerprint density at radius 2 is 1.65 bits per heavy atom. The van der Waals surface area contributed by atoms with E-state index in [4.69, 9.17) is 32.7 Å². The van der Waals surface area contributed by atoms with Gasteiger partial charge in [-0.1, -0.05) is 41.4 Å². The fourth-order valence-corrected chi connectivity index (χ4v) is 9.32. The molecular formula is C37H37Cl2F3N4O5. The molecule has 9 rings (SSSR count). The van der Waals surface area contributed by atoms with Crippen LogP contribution in [0.3, 0.4) is 0 Å². The zero-order chi connectivity index (χ0) is 35.6. The normalized spacial score (nSPS) is 24.5. The minimum atomic E-state index is -2.39. The number of aromatic carboxylic acids is 1. The molecule has 6 aliphatic rings. The number of para-hydroxylation sites is 1. The van der Waals surface area contributed by atoms with E-state index in [1.165, 1.54) is 4.90 Å². The fraction of sp³-hybridized carbons (Fsp3) is 0.459. The largest absolute Gasteiger partial charge is 0.478 e. The van der Waals surface area contributed by atoms with Gasteiger partial charge in [0.2, 0.25) is 0 Å². The summed E-state index contributed by atoms with van der Waals surface area (Å²) in [7, 11) is 0. The summed E-state index contributed by atoms with van der Waals surface area (Å²) in [6, 6.07) is 11.4. The highest BCUT2D eigenvalue weighted by Crippen LogP contribution is 2.44. The number of fused-ring (bicyclic) bond motifs is 7. The van der Waals surface area contributed by atoms with Gasteiger partial charge in [0.15, 0.2) is 6.73 Å². The molecule has 4 unspecified atom stereocenters. The van der Waals surface area contributed by atoms with E-state index in [9.17, 15) is 23.5 Å². The lowest BCUT2D eigenvalue weighted by Gasteiger charge is -2.37. The van der Waals surface area contributed by atoms with Crippen molar-refractivity contribution in [2.75, 3.05) is 55.9 Å². The van der Waals surface area contributed by atoms with Crippen LogP contribution in [-0.2, 0) is 11.3 Å². The lowest BCUT2D eigenvalue weighted by atomic mass is 9.95. The number of anilines is 2. The average Bonchev–Trinajstić information content (AvgIpc) is 3.26. The molecule has 51 heavy (non-hydrogen) atoms. The van der Waals surface area contributed by atoms with Crippen LogP contribution in [-0.4, -0.2) is 97.5 Å². The number of ether oxygens (including phenoxy) is 2. The zero-order valence-electron chi connectivity index (χ0n) is 27.7. The van der Waals surface area contributed by atoms with Crippen LogP contribution in [0, 0.1) is 11.7 Å². The Morgan fingerprint density at radius 3 is 2.35 bits per heavy atom. The first-order valence-corrected chi connectivity index (χ1v) is 18.0. The van der Waals surface area contributed by atoms with Crippen molar-refractivity contribution >= 4 is 46.5 Å². The van der Waals surface area contributed by atoms with Gasteiger partial charge >= 0.3 is 5.97 Å². The third kappa shape index (κ3) is 6.38. The van der Waals surface area contributed by atoms with E-state index in [1.807, 2.05) is 4.90 Å². The summed E-state index contributed by atoms with van der Waals surface area (Å²) in [5.74, 6) is -1.69. The summed E-state index contributed by atoms with van der Waals surface area (Å²) in [6.45, 7) is 2.58. The smallest absolute Gasteiger partial charge is 0.337 e. The second-order valence-electron chi connectivity index (χ2n) is 14.2. The number of halogens is 5. The van der Waals surface area contributed by atoms with Gasteiger partial charge in [-0.25, -0.2) is 18.0 Å². The molecule has 0 aliphatic carbocycles. The number of carbonyl (C=O) groups excluding carboxylic acids is 1. The van der Waals surface area contributed by atoms with Gasteiger partial charge in [-0.2, -0.15) is 0 Å². The van der Waals surface area contributed by atoms with Gasteiger partial charge in [0.1, 0.15) is 11.6 Å². The summed E-state index contributed by atoms with van der Waals surface area (Å²) in [5, 5.41) is 10.3. The number of carboxylic acid groups (broad SMARTS) is 1. The molecule has 5 fully saturated rings. The van der Waals surface area contributed by atoms with Crippen molar-refractivity contribution in [2.45, 2.75) is 56.8 Å². The maximum atomic E-state index is 15.8. The molecule has 0 radical (unpaired) electrons. The molecule has 6 aliphatic heterocycles. The standard InChI is InChI=1S/C37H37Cl2F3N4O5/c38-29-8-25(43-12-20-4-5-22(15-43)44(13-20)16-33(41)42)9-30(39)34(29)36(47)45-14-21-2-1-3-26(35(21)51-19-45)27-11-32(28(37(48)49)10-31(27)40)46-23-6-7-24(46)18-50-17-23/h1-3,8-11,20,22-24,33H,4-7,12-19H2,(H,48,49). The molecular weight excluding hydrogens is 708 g/mol. The quantitative estimate of drug-likeness (QED) is 0.276. The number of carboxylic acids is 1. The first kappa shape index (κ1) is 34.4. The van der Waals surface area contributed by atoms with Crippen molar-refractivity contribution in [3.8, 4) is 16.9 Å². The van der Waals surface area contributed by atoms with Crippen molar-refractivity contribution in [3.63, 3.8) is 0 Å². The monoisotopic (exact) mass is 744 g/mol. The average molecular weight is 746 g/mol. The van der Waals surface area contributed by atoms with E-state index in [-0.39, 0.29) is 70.6 Å². The fourth-order valence-electron chi connectivity index (χ4n) is 8.69. The molecule has 1 N–H and O–H groups in total. The molecule has 270 valence electrons. The minimum Gasteiger partial charge on any atom is -0.478 e. The van der Waals surface area contributed by atoms with Gasteiger partial charge < -0.3 is 29.3 Å². The van der Waals surface area contributed by atoms with Crippen molar-refractivity contribution in [1.29, 1.82) is 0 Å². The highest BCUT2D eigenvalue weighted by atomic mass is 35.5. The van der Waals surface area contributed by atoms with E-state index in [0.29, 0.717) is 55.4 Å². The molecule has 0 aromatic heterocycles. The molecule has 9 nitrogen and oxygen atoms in total. The Morgan fingerprint density at radius 1 is 0.922 bits per heavy atom. The number of hydrogen-bond acceptors (Lipinski definition) is 7. The van der Waals surface area contributed by atoms with Crippen LogP contribution < -0.4 is 14.5 Å². The topological polar surface area (TPSA) is 85.8 Å². The highest BCUT2D eigenvalue weighted by molar-refractivity contribution is 6.40. The maximum absolute atomic E-state index is 15.8. The van der Waals surface area contributed by atoms with Crippen LogP contribution in [0.2, 0.25) is 10.0 Å². The third-order valence-electron chi connectivity index (χ3n) is 11.0. The predicted octanol–water partition coefficient (Wildman–Crippen LogP) is 7.02. The van der Waals surface area contributed by atoms with E-state index in [1.54, 1.807) is 36.4 Å². The highest BCUT2D eigenvalue weighted by Gasteiger charge is 2.40. The van der Waals surface area contributed by atoms with Gasteiger partial charge in [-0.15, -0.1) is 0 Å². The molecule has 14 heteroatoms. The van der Waals surface area contributed by atoms with Crippen LogP contribution >= 0.6 is 23.2 Å². The minimum absolute atomic E-state index is 0.00304. The molecule has 4 bridgehead atoms. The number of morpholine rings is 1. The number of hydrogen-bond donors (Lipinski definition) is 1. The Balaban J connectivity index is 1.04. The number of rotatable bonds is 7. The van der Waals surface area contributed by atoms with E-state index < -0.39 is 24.1 Å². The van der Waals surface area contributed by atoms with Gasteiger partial charge in [0.25, 0.3) is 12.3 Å². The van der Waals surface area contributed by atoms with Crippen LogP contribution in [0.5, 0.6) is 5.75 Å². The van der Waals surface area contributed by atoms with Crippen molar-refractivity contribution in [1.82, 2.24) is 9.80 Å². The van der Waals surface area contributed by atoms with Crippen molar-refractivity contribution in [3.05, 3.63) is 75.0 Å². The number of carbonyl (C=O) groups is 2. The first-order chi connectivity index (χ1) is 24.5. The molecule has 0 saturated carbocycles. The van der Waals surface area contributed by atoms with E-state index in [0.717, 1.165) is 37.4 Å². The predicted molar refractivity (Wildman–Crippen MR) is 187 cm³/mol. The molecule has 6 heterocycles. The van der Waals surface area contributed by atoms with Gasteiger partial charge in [-0.3, -0.25) is 9.69 Å². The maximum Gasteiger partial charge on any atom is 0.337 e. The second kappa shape index (κ2) is 13.7. The lowest BCUT2D eigenvalue weighted by molar-refractivity contribution is 0.0446. The lowest BCUT2D eigenvalue weighted by Crippen LogP contribution is -2.46. The van der Waals surface area contributed by atoms with E-state index in [2.05, 4.69) is 9.80 Å². The molecule has 4 atom stereocenters. The number of amides is 1. The van der Waals surface area contributed by atoms with Crippen LogP contribution in [0.25, 0.3) is 11.1 Å². The Bertz CT molecular complexity index is 1840. The summed E-state index contributed by atoms with van der Waals surface area (Å²) in [4.78, 5) is 33.7. The molecule has 5 saturated heterocycles. The van der Waals surface area contributed by atoms with Crippen LogP contribution in [0.1, 0.15) is 52.0 Å². The number of alkyl halides is 2. The summed E-state index contributed by atoms with van der Waals surface area (Å²) >= 11 is 13.5. The van der Waals surface area contributed by atoms with Crippen molar-refractivity contribution < 1.29 is 37.3 Å². The van der Waals surface area contributed by atoms with Crippen LogP contribution in [0.15, 0.2) is 42.5 Å². The van der Waals surface area contributed by atoms with Gasteiger partial charge in [-0.05, 0) is 55.9 Å². The third-order valence-corrected chi connectivity index (χ3v) is 11.6. The first-order valence-electron chi connectivity index (χ1n) is 17.3. The molecule has 1 amide bonds. The van der Waals surface area contributed by atoms with Crippen molar-refractivity contribution in [2.24, 2.45) is 5.92 Å². The van der Waals surface area contributed by atoms with Crippen LogP contribution in [0.4, 0.5) is 24.5 Å². The summed E-state index contributed by atoms with van der Waals surface area (Å²) in [6.07, 6.45) is 1.15. The molecule has 3 aromatic rings. The Labute approximate surface area is 303 Å². The number of nitrogens with zero attached hydrogens (tertiary/aromatic N) is 4. The second-order valence-corrected chi connectivity index (χ2v) is 15.0. The molecule has 3 aromatic carbocycles. The van der Waals surface area contributed by atoms with Gasteiger partial charge in [0, 0.05) is 48.1 Å². The SMILES string of the molecule is O=C(O)c1cc(F)c(-c2cccc3c2OCN(C(=O)c2c(Cl)cc(N4CC5CCC(C4)N(CC(F)F)C5)cc2Cl)C3)cc1N1C2CCC1COC2. The Kier molecular flexibility index (Phi) is 9.23.